The van der Waals surface area contributed by atoms with Crippen LogP contribution in [0.15, 0.2) is 24.7 Å². The Labute approximate surface area is 191 Å². The van der Waals surface area contributed by atoms with Gasteiger partial charge in [-0.05, 0) is 18.6 Å². The molecule has 0 aromatic carbocycles. The molecule has 0 saturated carbocycles. The molecule has 174 valence electrons. The lowest BCUT2D eigenvalue weighted by atomic mass is 10.2. The Hall–Kier alpha value is -3.31. The first kappa shape index (κ1) is 21.5. The van der Waals surface area contributed by atoms with Gasteiger partial charge in [-0.25, -0.2) is 19.9 Å². The van der Waals surface area contributed by atoms with Crippen molar-refractivity contribution in [2.75, 3.05) is 62.8 Å². The van der Waals surface area contributed by atoms with Gasteiger partial charge in [0.05, 0.1) is 26.1 Å². The van der Waals surface area contributed by atoms with Crippen LogP contribution in [0.4, 0.5) is 11.6 Å². The average molecular weight is 453 g/mol. The maximum absolute atomic E-state index is 12.0. The number of pyridine rings is 1. The second kappa shape index (κ2) is 9.67. The minimum Gasteiger partial charge on any atom is -0.395 e. The maximum atomic E-state index is 12.0. The van der Waals surface area contributed by atoms with E-state index < -0.39 is 0 Å². The van der Waals surface area contributed by atoms with Gasteiger partial charge in [-0.15, -0.1) is 0 Å². The first-order valence-electron chi connectivity index (χ1n) is 11.4. The zero-order chi connectivity index (χ0) is 22.6. The molecular weight excluding hydrogens is 424 g/mol. The molecular formula is C22H28N8O3. The number of anilines is 2. The first-order chi connectivity index (χ1) is 16.2. The minimum atomic E-state index is -0.0194. The van der Waals surface area contributed by atoms with Gasteiger partial charge in [0, 0.05) is 57.4 Å². The van der Waals surface area contributed by atoms with Crippen molar-refractivity contribution in [2.45, 2.75) is 19.4 Å². The van der Waals surface area contributed by atoms with Gasteiger partial charge in [0.25, 0.3) is 0 Å². The van der Waals surface area contributed by atoms with Crippen LogP contribution in [0.3, 0.4) is 0 Å². The van der Waals surface area contributed by atoms with E-state index in [0.29, 0.717) is 62.1 Å². The van der Waals surface area contributed by atoms with E-state index in [1.807, 2.05) is 21.6 Å². The van der Waals surface area contributed by atoms with Gasteiger partial charge in [-0.3, -0.25) is 4.79 Å². The normalized spacial score (nSPS) is 16.7. The van der Waals surface area contributed by atoms with Crippen LogP contribution in [-0.2, 0) is 16.1 Å². The third-order valence-electron chi connectivity index (χ3n) is 5.99. The smallest absolute Gasteiger partial charge is 0.222 e. The summed E-state index contributed by atoms with van der Waals surface area (Å²) in [5.41, 5.74) is 2.12. The average Bonchev–Trinajstić information content (AvgIpc) is 3.47. The first-order valence-corrected chi connectivity index (χ1v) is 11.4. The molecule has 3 aromatic heterocycles. The van der Waals surface area contributed by atoms with E-state index >= 15 is 0 Å². The van der Waals surface area contributed by atoms with Crippen LogP contribution >= 0.6 is 0 Å². The number of carbonyl (C=O) groups excluding carboxylic acids is 1. The van der Waals surface area contributed by atoms with Crippen molar-refractivity contribution in [1.29, 1.82) is 0 Å². The second-order valence-electron chi connectivity index (χ2n) is 8.15. The van der Waals surface area contributed by atoms with Gasteiger partial charge in [-0.1, -0.05) is 0 Å². The van der Waals surface area contributed by atoms with Gasteiger partial charge in [0.15, 0.2) is 17.3 Å². The van der Waals surface area contributed by atoms with Gasteiger partial charge >= 0.3 is 0 Å². The topological polar surface area (TPSA) is 122 Å². The van der Waals surface area contributed by atoms with E-state index in [1.54, 1.807) is 12.5 Å². The Morgan fingerprint density at radius 1 is 1.09 bits per heavy atom. The number of aromatic nitrogens is 5. The number of imidazole rings is 1. The summed E-state index contributed by atoms with van der Waals surface area (Å²) in [4.78, 5) is 34.6. The van der Waals surface area contributed by atoms with Crippen LogP contribution in [0.25, 0.3) is 22.6 Å². The van der Waals surface area contributed by atoms with Gasteiger partial charge in [0.2, 0.25) is 5.91 Å². The number of fused-ring (bicyclic) bond motifs is 1. The van der Waals surface area contributed by atoms with Crippen LogP contribution in [0.2, 0.25) is 0 Å². The number of ether oxygens (including phenoxy) is 1. The SMILES string of the molecule is O=C1CCCN1CCn1cnc2c(NCCO)nc(-c3ccc(N4CCOCC4)nc3)nc21. The minimum absolute atomic E-state index is 0.0194. The van der Waals surface area contributed by atoms with E-state index in [-0.39, 0.29) is 12.5 Å². The molecule has 1 amide bonds. The highest BCUT2D eigenvalue weighted by Gasteiger charge is 2.21. The molecule has 0 atom stereocenters. The largest absolute Gasteiger partial charge is 0.395 e. The standard InChI is InChI=1S/C22H28N8O3/c31-11-5-23-21-19-22(30(15-25-19)8-7-29-6-1-2-18(29)32)27-20(26-21)16-3-4-17(24-14-16)28-9-12-33-13-10-28/h3-4,14-15,31H,1-2,5-13H2,(H,23,26,27). The zero-order valence-corrected chi connectivity index (χ0v) is 18.5. The fourth-order valence-electron chi connectivity index (χ4n) is 4.20. The highest BCUT2D eigenvalue weighted by molar-refractivity contribution is 5.85. The van der Waals surface area contributed by atoms with Crippen molar-refractivity contribution in [1.82, 2.24) is 29.4 Å². The molecule has 2 N–H and O–H groups in total. The van der Waals surface area contributed by atoms with Crippen LogP contribution in [-0.4, -0.2) is 93.0 Å². The summed E-state index contributed by atoms with van der Waals surface area (Å²) in [6.07, 6.45) is 5.05. The van der Waals surface area contributed by atoms with Gasteiger partial charge < -0.3 is 29.5 Å². The quantitative estimate of drug-likeness (QED) is 0.510. The Morgan fingerprint density at radius 3 is 2.70 bits per heavy atom. The van der Waals surface area contributed by atoms with E-state index in [4.69, 9.17) is 9.72 Å². The number of hydrogen-bond donors (Lipinski definition) is 2. The molecule has 0 aliphatic carbocycles. The lowest BCUT2D eigenvalue weighted by Gasteiger charge is -2.27. The number of aliphatic hydroxyl groups excluding tert-OH is 1. The van der Waals surface area contributed by atoms with Crippen molar-refractivity contribution in [3.05, 3.63) is 24.7 Å². The summed E-state index contributed by atoms with van der Waals surface area (Å²) in [7, 11) is 0. The maximum Gasteiger partial charge on any atom is 0.222 e. The van der Waals surface area contributed by atoms with Crippen molar-refractivity contribution in [2.24, 2.45) is 0 Å². The number of likely N-dealkylation sites (tertiary alicyclic amines) is 1. The predicted octanol–water partition coefficient (Wildman–Crippen LogP) is 0.751. The Kier molecular flexibility index (Phi) is 6.31. The molecule has 2 saturated heterocycles. The fourth-order valence-corrected chi connectivity index (χ4v) is 4.20. The molecule has 0 unspecified atom stereocenters. The monoisotopic (exact) mass is 452 g/mol. The van der Waals surface area contributed by atoms with E-state index in [9.17, 15) is 9.90 Å². The van der Waals surface area contributed by atoms with Gasteiger partial charge in [-0.2, -0.15) is 0 Å². The summed E-state index contributed by atoms with van der Waals surface area (Å²) in [6.45, 7) is 5.42. The molecule has 5 rings (SSSR count). The highest BCUT2D eigenvalue weighted by atomic mass is 16.5. The molecule has 11 heteroatoms. The van der Waals surface area contributed by atoms with E-state index in [2.05, 4.69) is 25.2 Å². The van der Waals surface area contributed by atoms with Crippen molar-refractivity contribution in [3.63, 3.8) is 0 Å². The van der Waals surface area contributed by atoms with Crippen LogP contribution in [0.1, 0.15) is 12.8 Å². The summed E-state index contributed by atoms with van der Waals surface area (Å²) in [5, 5.41) is 12.4. The highest BCUT2D eigenvalue weighted by Crippen LogP contribution is 2.25. The van der Waals surface area contributed by atoms with E-state index in [1.165, 1.54) is 0 Å². The number of amides is 1. The summed E-state index contributed by atoms with van der Waals surface area (Å²) in [6, 6.07) is 3.95. The fraction of sp³-hybridized carbons (Fsp3) is 0.500. The van der Waals surface area contributed by atoms with Gasteiger partial charge in [0.1, 0.15) is 11.3 Å². The van der Waals surface area contributed by atoms with Crippen molar-refractivity contribution < 1.29 is 14.6 Å². The molecule has 2 aliphatic heterocycles. The Morgan fingerprint density at radius 2 is 1.97 bits per heavy atom. The molecule has 0 radical (unpaired) electrons. The number of morpholine rings is 1. The molecule has 11 nitrogen and oxygen atoms in total. The molecule has 2 fully saturated rings. The molecule has 2 aliphatic rings. The Bertz CT molecular complexity index is 1110. The molecule has 3 aromatic rings. The molecule has 0 bridgehead atoms. The molecule has 0 spiro atoms. The number of aliphatic hydroxyl groups is 1. The third kappa shape index (κ3) is 4.60. The van der Waals surface area contributed by atoms with Crippen LogP contribution in [0, 0.1) is 0 Å². The number of nitrogens with one attached hydrogen (secondary N) is 1. The Balaban J connectivity index is 1.44. The predicted molar refractivity (Wildman–Crippen MR) is 123 cm³/mol. The lowest BCUT2D eigenvalue weighted by molar-refractivity contribution is -0.127. The number of nitrogens with zero attached hydrogens (tertiary/aromatic N) is 7. The second-order valence-corrected chi connectivity index (χ2v) is 8.15. The molecule has 5 heterocycles. The number of hydrogen-bond acceptors (Lipinski definition) is 9. The summed E-state index contributed by atoms with van der Waals surface area (Å²) >= 11 is 0. The van der Waals surface area contributed by atoms with Crippen LogP contribution < -0.4 is 10.2 Å². The summed E-state index contributed by atoms with van der Waals surface area (Å²) in [5.74, 6) is 2.20. The molecule has 33 heavy (non-hydrogen) atoms. The number of carbonyl (C=O) groups is 1. The van der Waals surface area contributed by atoms with Crippen molar-refractivity contribution in [3.8, 4) is 11.4 Å². The number of rotatable bonds is 8. The van der Waals surface area contributed by atoms with Crippen molar-refractivity contribution >= 4 is 28.7 Å². The summed E-state index contributed by atoms with van der Waals surface area (Å²) < 4.78 is 7.37. The zero-order valence-electron chi connectivity index (χ0n) is 18.5. The van der Waals surface area contributed by atoms with E-state index in [0.717, 1.165) is 37.4 Å². The third-order valence-corrected chi connectivity index (χ3v) is 5.99. The lowest BCUT2D eigenvalue weighted by Crippen LogP contribution is -2.36. The van der Waals surface area contributed by atoms with Crippen LogP contribution in [0.5, 0.6) is 0 Å².